The number of nitrogens with zero attached hydrogens (tertiary/aromatic N) is 2. The van der Waals surface area contributed by atoms with Crippen LogP contribution >= 0.6 is 38.9 Å². The third-order valence-electron chi connectivity index (χ3n) is 2.57. The van der Waals surface area contributed by atoms with E-state index >= 15 is 0 Å². The smallest absolute Gasteiger partial charge is 0.266 e. The molecule has 0 aliphatic carbocycles. The highest BCUT2D eigenvalue weighted by Gasteiger charge is 2.18. The minimum Gasteiger partial charge on any atom is -0.480 e. The van der Waals surface area contributed by atoms with Crippen LogP contribution in [0, 0.1) is 0 Å². The summed E-state index contributed by atoms with van der Waals surface area (Å²) in [5.41, 5.74) is 0. The Balaban J connectivity index is 1.98. The van der Waals surface area contributed by atoms with E-state index in [1.165, 1.54) is 11.3 Å². The first-order chi connectivity index (χ1) is 9.99. The number of carbonyl (C=O) groups excluding carboxylic acids is 1. The van der Waals surface area contributed by atoms with Crippen LogP contribution < -0.4 is 10.1 Å². The monoisotopic (exact) mass is 389 g/mol. The standard InChI is InChI=1S/C13H13BrClN3O2S/c1-3-11-17-18-13(21-11)16-12(19)7(2)20-10-5-4-8(15)6-9(10)14/h4-7H,3H2,1-2H3,(H,16,18,19)/t7-/m1/s1. The predicted molar refractivity (Wildman–Crippen MR) is 87.2 cm³/mol. The van der Waals surface area contributed by atoms with E-state index in [0.717, 1.165) is 11.4 Å². The van der Waals surface area contributed by atoms with Gasteiger partial charge in [-0.05, 0) is 47.5 Å². The number of halogens is 2. The van der Waals surface area contributed by atoms with E-state index in [2.05, 4.69) is 31.4 Å². The zero-order valence-corrected chi connectivity index (χ0v) is 14.6. The van der Waals surface area contributed by atoms with Crippen molar-refractivity contribution in [3.05, 3.63) is 32.7 Å². The molecule has 1 N–H and O–H groups in total. The Labute approximate surface area is 139 Å². The van der Waals surface area contributed by atoms with E-state index in [-0.39, 0.29) is 5.91 Å². The van der Waals surface area contributed by atoms with Gasteiger partial charge in [0.15, 0.2) is 6.10 Å². The highest BCUT2D eigenvalue weighted by Crippen LogP contribution is 2.29. The first-order valence-electron chi connectivity index (χ1n) is 6.24. The van der Waals surface area contributed by atoms with E-state index in [0.29, 0.717) is 20.4 Å². The van der Waals surface area contributed by atoms with Gasteiger partial charge in [0.25, 0.3) is 5.91 Å². The molecule has 21 heavy (non-hydrogen) atoms. The summed E-state index contributed by atoms with van der Waals surface area (Å²) >= 11 is 10.6. The molecule has 0 fully saturated rings. The lowest BCUT2D eigenvalue weighted by atomic mass is 10.3. The number of hydrogen-bond acceptors (Lipinski definition) is 5. The number of aryl methyl sites for hydroxylation is 1. The summed E-state index contributed by atoms with van der Waals surface area (Å²) < 4.78 is 6.30. The summed E-state index contributed by atoms with van der Waals surface area (Å²) in [6, 6.07) is 5.11. The van der Waals surface area contributed by atoms with Crippen molar-refractivity contribution in [1.29, 1.82) is 0 Å². The van der Waals surface area contributed by atoms with E-state index in [4.69, 9.17) is 16.3 Å². The maximum Gasteiger partial charge on any atom is 0.266 e. The molecule has 1 amide bonds. The Hall–Kier alpha value is -1.18. The summed E-state index contributed by atoms with van der Waals surface area (Å²) in [5.74, 6) is 0.268. The van der Waals surface area contributed by atoms with Gasteiger partial charge in [-0.25, -0.2) is 0 Å². The van der Waals surface area contributed by atoms with Crippen molar-refractivity contribution >= 4 is 49.9 Å². The van der Waals surface area contributed by atoms with Crippen LogP contribution in [0.4, 0.5) is 5.13 Å². The summed E-state index contributed by atoms with van der Waals surface area (Å²) in [6.07, 6.45) is 0.119. The molecule has 0 unspecified atom stereocenters. The summed E-state index contributed by atoms with van der Waals surface area (Å²) in [6.45, 7) is 3.65. The first kappa shape index (κ1) is 16.2. The maximum atomic E-state index is 12.1. The fourth-order valence-corrected chi connectivity index (χ4v) is 2.93. The molecule has 0 spiro atoms. The highest BCUT2D eigenvalue weighted by molar-refractivity contribution is 9.10. The lowest BCUT2D eigenvalue weighted by molar-refractivity contribution is -0.122. The molecule has 0 aliphatic heterocycles. The second kappa shape index (κ2) is 7.20. The number of amides is 1. The van der Waals surface area contributed by atoms with Gasteiger partial charge in [-0.2, -0.15) is 0 Å². The average Bonchev–Trinajstić information content (AvgIpc) is 2.89. The molecule has 1 heterocycles. The third-order valence-corrected chi connectivity index (χ3v) is 4.40. The number of carbonyl (C=O) groups is 1. The molecule has 1 atom stereocenters. The Morgan fingerprint density at radius 3 is 2.90 bits per heavy atom. The molecule has 2 rings (SSSR count). The van der Waals surface area contributed by atoms with Crippen LogP contribution in [0.25, 0.3) is 0 Å². The van der Waals surface area contributed by atoms with Crippen LogP contribution in [0.1, 0.15) is 18.9 Å². The molecule has 2 aromatic rings. The van der Waals surface area contributed by atoms with Crippen molar-refractivity contribution < 1.29 is 9.53 Å². The van der Waals surface area contributed by atoms with Gasteiger partial charge in [0.1, 0.15) is 10.8 Å². The largest absolute Gasteiger partial charge is 0.480 e. The van der Waals surface area contributed by atoms with Gasteiger partial charge in [0, 0.05) is 5.02 Å². The second-order valence-electron chi connectivity index (χ2n) is 4.18. The average molecular weight is 391 g/mol. The van der Waals surface area contributed by atoms with Crippen molar-refractivity contribution in [2.24, 2.45) is 0 Å². The second-order valence-corrected chi connectivity index (χ2v) is 6.53. The molecule has 0 bridgehead atoms. The molecule has 0 radical (unpaired) electrons. The maximum absolute atomic E-state index is 12.1. The Morgan fingerprint density at radius 1 is 1.52 bits per heavy atom. The quantitative estimate of drug-likeness (QED) is 0.840. The van der Waals surface area contributed by atoms with E-state index in [9.17, 15) is 4.79 Å². The van der Waals surface area contributed by atoms with Gasteiger partial charge < -0.3 is 4.74 Å². The molecule has 112 valence electrons. The number of rotatable bonds is 5. The lowest BCUT2D eigenvalue weighted by Gasteiger charge is -2.14. The van der Waals surface area contributed by atoms with Crippen LogP contribution in [-0.2, 0) is 11.2 Å². The van der Waals surface area contributed by atoms with Crippen LogP contribution in [-0.4, -0.2) is 22.2 Å². The zero-order chi connectivity index (χ0) is 15.4. The van der Waals surface area contributed by atoms with E-state index in [1.54, 1.807) is 25.1 Å². The first-order valence-corrected chi connectivity index (χ1v) is 8.23. The van der Waals surface area contributed by atoms with Crippen molar-refractivity contribution in [2.75, 3.05) is 5.32 Å². The van der Waals surface area contributed by atoms with Crippen molar-refractivity contribution in [1.82, 2.24) is 10.2 Å². The SMILES string of the molecule is CCc1nnc(NC(=O)[C@@H](C)Oc2ccc(Cl)cc2Br)s1. The van der Waals surface area contributed by atoms with Gasteiger partial charge in [-0.1, -0.05) is 29.9 Å². The Morgan fingerprint density at radius 2 is 2.29 bits per heavy atom. The summed E-state index contributed by atoms with van der Waals surface area (Å²) in [4.78, 5) is 12.1. The van der Waals surface area contributed by atoms with Gasteiger partial charge in [0.05, 0.1) is 4.47 Å². The minimum absolute atomic E-state index is 0.282. The van der Waals surface area contributed by atoms with E-state index in [1.807, 2.05) is 6.92 Å². The minimum atomic E-state index is -0.670. The van der Waals surface area contributed by atoms with E-state index < -0.39 is 6.10 Å². The normalized spacial score (nSPS) is 12.0. The molecule has 0 saturated carbocycles. The van der Waals surface area contributed by atoms with Gasteiger partial charge in [-0.15, -0.1) is 10.2 Å². The Bertz CT molecular complexity index is 650. The van der Waals surface area contributed by atoms with Gasteiger partial charge in [-0.3, -0.25) is 10.1 Å². The number of aromatic nitrogens is 2. The molecule has 1 aromatic carbocycles. The molecule has 8 heteroatoms. The van der Waals surface area contributed by atoms with Crippen molar-refractivity contribution in [3.8, 4) is 5.75 Å². The summed E-state index contributed by atoms with van der Waals surface area (Å²) in [5, 5.41) is 12.5. The predicted octanol–water partition coefficient (Wildman–Crippen LogP) is 3.92. The number of benzene rings is 1. The fraction of sp³-hybridized carbons (Fsp3) is 0.308. The molecule has 5 nitrogen and oxygen atoms in total. The molecule has 0 aliphatic rings. The molecular weight excluding hydrogens is 378 g/mol. The van der Waals surface area contributed by atoms with Crippen LogP contribution in [0.5, 0.6) is 5.75 Å². The molecule has 0 saturated heterocycles. The summed E-state index contributed by atoms with van der Waals surface area (Å²) in [7, 11) is 0. The number of anilines is 1. The van der Waals surface area contributed by atoms with Crippen LogP contribution in [0.3, 0.4) is 0 Å². The molecule has 1 aromatic heterocycles. The zero-order valence-electron chi connectivity index (χ0n) is 11.4. The van der Waals surface area contributed by atoms with Gasteiger partial charge >= 0.3 is 0 Å². The van der Waals surface area contributed by atoms with Gasteiger partial charge in [0.2, 0.25) is 5.13 Å². The lowest BCUT2D eigenvalue weighted by Crippen LogP contribution is -2.30. The topological polar surface area (TPSA) is 64.1 Å². The Kier molecular flexibility index (Phi) is 5.55. The van der Waals surface area contributed by atoms with Crippen molar-refractivity contribution in [3.63, 3.8) is 0 Å². The fourth-order valence-electron chi connectivity index (χ4n) is 1.47. The molecular formula is C13H13BrClN3O2S. The van der Waals surface area contributed by atoms with Crippen molar-refractivity contribution in [2.45, 2.75) is 26.4 Å². The van der Waals surface area contributed by atoms with Crippen LogP contribution in [0.2, 0.25) is 5.02 Å². The number of ether oxygens (including phenoxy) is 1. The number of hydrogen-bond donors (Lipinski definition) is 1. The van der Waals surface area contributed by atoms with Crippen LogP contribution in [0.15, 0.2) is 22.7 Å². The number of nitrogens with one attached hydrogen (secondary N) is 1. The highest BCUT2D eigenvalue weighted by atomic mass is 79.9. The third kappa shape index (κ3) is 4.39.